The number of hydrogen-bond donors (Lipinski definition) is 2. The lowest BCUT2D eigenvalue weighted by atomic mass is 10.0. The van der Waals surface area contributed by atoms with Gasteiger partial charge in [0.2, 0.25) is 0 Å². The Morgan fingerprint density at radius 1 is 1.10 bits per heavy atom. The van der Waals surface area contributed by atoms with E-state index in [1.807, 2.05) is 35.6 Å². The maximum atomic E-state index is 12.4. The van der Waals surface area contributed by atoms with Crippen LogP contribution in [0.4, 0.5) is 5.69 Å². The van der Waals surface area contributed by atoms with Crippen LogP contribution in [0.15, 0.2) is 66.3 Å². The van der Waals surface area contributed by atoms with Crippen molar-refractivity contribution >= 4 is 22.9 Å². The molecule has 0 bridgehead atoms. The summed E-state index contributed by atoms with van der Waals surface area (Å²) in [5.41, 5.74) is 2.87. The predicted octanol–water partition coefficient (Wildman–Crippen LogP) is 3.87. The van der Waals surface area contributed by atoms with Crippen LogP contribution < -0.4 is 15.5 Å². The second-order valence-corrected chi connectivity index (χ2v) is 8.67. The molecule has 0 aliphatic carbocycles. The van der Waals surface area contributed by atoms with E-state index < -0.39 is 0 Å². The number of amides is 1. The van der Waals surface area contributed by atoms with Gasteiger partial charge in [-0.05, 0) is 66.6 Å². The van der Waals surface area contributed by atoms with E-state index in [1.54, 1.807) is 12.4 Å². The number of carbonyl (C=O) groups is 1. The Hall–Kier alpha value is -2.70. The van der Waals surface area contributed by atoms with Gasteiger partial charge in [-0.25, -0.2) is 0 Å². The van der Waals surface area contributed by atoms with Crippen molar-refractivity contribution in [2.45, 2.75) is 31.8 Å². The van der Waals surface area contributed by atoms with Crippen LogP contribution in [0.25, 0.3) is 0 Å². The summed E-state index contributed by atoms with van der Waals surface area (Å²) in [4.78, 5) is 20.3. The first-order valence-electron chi connectivity index (χ1n) is 10.6. The molecule has 0 unspecified atom stereocenters. The molecule has 0 radical (unpaired) electrons. The minimum atomic E-state index is -0.0564. The Morgan fingerprint density at radius 3 is 2.63 bits per heavy atom. The van der Waals surface area contributed by atoms with E-state index in [1.165, 1.54) is 10.6 Å². The first kappa shape index (κ1) is 20.6. The molecule has 5 nitrogen and oxygen atoms in total. The zero-order valence-corrected chi connectivity index (χ0v) is 17.9. The number of nitrogens with one attached hydrogen (secondary N) is 2. The van der Waals surface area contributed by atoms with Crippen LogP contribution >= 0.6 is 11.3 Å². The minimum absolute atomic E-state index is 0.0564. The van der Waals surface area contributed by atoms with Crippen LogP contribution in [0.1, 0.15) is 33.6 Å². The number of thiophene rings is 1. The third kappa shape index (κ3) is 5.68. The second kappa shape index (κ2) is 10.4. The molecule has 0 saturated carbocycles. The van der Waals surface area contributed by atoms with E-state index in [0.717, 1.165) is 44.5 Å². The van der Waals surface area contributed by atoms with Crippen molar-refractivity contribution in [1.82, 2.24) is 15.6 Å². The van der Waals surface area contributed by atoms with Gasteiger partial charge in [0.15, 0.2) is 0 Å². The van der Waals surface area contributed by atoms with Gasteiger partial charge < -0.3 is 15.5 Å². The van der Waals surface area contributed by atoms with Crippen molar-refractivity contribution in [3.8, 4) is 0 Å². The molecule has 2 aromatic heterocycles. The Morgan fingerprint density at radius 2 is 1.93 bits per heavy atom. The van der Waals surface area contributed by atoms with Gasteiger partial charge in [0.25, 0.3) is 5.91 Å². The van der Waals surface area contributed by atoms with Crippen LogP contribution in [-0.4, -0.2) is 36.6 Å². The Kier molecular flexibility index (Phi) is 7.11. The Balaban J connectivity index is 1.21. The Bertz CT molecular complexity index is 904. The molecule has 0 atom stereocenters. The van der Waals surface area contributed by atoms with Crippen molar-refractivity contribution in [2.75, 3.05) is 24.5 Å². The van der Waals surface area contributed by atoms with Gasteiger partial charge in [-0.2, -0.15) is 0 Å². The molecular weight excluding hydrogens is 392 g/mol. The van der Waals surface area contributed by atoms with Gasteiger partial charge in [0.1, 0.15) is 0 Å². The second-order valence-electron chi connectivity index (χ2n) is 7.64. The van der Waals surface area contributed by atoms with Gasteiger partial charge in [-0.15, -0.1) is 11.3 Å². The number of aromatic nitrogens is 1. The molecule has 30 heavy (non-hydrogen) atoms. The van der Waals surface area contributed by atoms with Crippen molar-refractivity contribution in [1.29, 1.82) is 0 Å². The molecule has 3 heterocycles. The highest BCUT2D eigenvalue weighted by atomic mass is 32.1. The summed E-state index contributed by atoms with van der Waals surface area (Å²) in [6.45, 7) is 3.63. The lowest BCUT2D eigenvalue weighted by Crippen LogP contribution is -2.43. The number of hydrogen-bond acceptors (Lipinski definition) is 5. The highest BCUT2D eigenvalue weighted by molar-refractivity contribution is 7.09. The van der Waals surface area contributed by atoms with E-state index in [2.05, 4.69) is 50.2 Å². The molecule has 0 spiro atoms. The fourth-order valence-corrected chi connectivity index (χ4v) is 4.52. The lowest BCUT2D eigenvalue weighted by molar-refractivity contribution is 0.0951. The number of rotatable bonds is 8. The van der Waals surface area contributed by atoms with Gasteiger partial charge in [0.05, 0.1) is 0 Å². The van der Waals surface area contributed by atoms with E-state index in [-0.39, 0.29) is 5.91 Å². The molecule has 1 amide bonds. The zero-order chi connectivity index (χ0) is 20.6. The average Bonchev–Trinajstić information content (AvgIpc) is 3.32. The van der Waals surface area contributed by atoms with Gasteiger partial charge in [-0.1, -0.05) is 12.1 Å². The van der Waals surface area contributed by atoms with Gasteiger partial charge >= 0.3 is 0 Å². The molecule has 156 valence electrons. The minimum Gasteiger partial charge on any atom is -0.371 e. The highest BCUT2D eigenvalue weighted by Crippen LogP contribution is 2.21. The van der Waals surface area contributed by atoms with Crippen molar-refractivity contribution < 1.29 is 4.79 Å². The number of benzene rings is 1. The van der Waals surface area contributed by atoms with Crippen molar-refractivity contribution in [2.24, 2.45) is 0 Å². The normalized spacial score (nSPS) is 14.6. The molecule has 1 fully saturated rings. The summed E-state index contributed by atoms with van der Waals surface area (Å²) in [6.07, 6.45) is 6.91. The number of nitrogens with zero attached hydrogens (tertiary/aromatic N) is 2. The van der Waals surface area contributed by atoms with E-state index in [0.29, 0.717) is 18.2 Å². The van der Waals surface area contributed by atoms with Crippen LogP contribution in [0, 0.1) is 0 Å². The molecule has 1 aromatic carbocycles. The maximum Gasteiger partial charge on any atom is 0.251 e. The van der Waals surface area contributed by atoms with E-state index >= 15 is 0 Å². The molecule has 6 heteroatoms. The predicted molar refractivity (Wildman–Crippen MR) is 123 cm³/mol. The summed E-state index contributed by atoms with van der Waals surface area (Å²) in [6, 6.07) is 16.7. The molecule has 1 aliphatic heterocycles. The molecule has 1 aliphatic rings. The first-order chi connectivity index (χ1) is 14.8. The number of anilines is 1. The third-order valence-corrected chi connectivity index (χ3v) is 6.49. The quantitative estimate of drug-likeness (QED) is 0.581. The Labute approximate surface area is 182 Å². The van der Waals surface area contributed by atoms with Crippen LogP contribution in [0.3, 0.4) is 0 Å². The van der Waals surface area contributed by atoms with Gasteiger partial charge in [0, 0.05) is 60.7 Å². The smallest absolute Gasteiger partial charge is 0.251 e. The summed E-state index contributed by atoms with van der Waals surface area (Å²) in [5, 5.41) is 8.80. The fraction of sp³-hybridized carbons (Fsp3) is 0.333. The average molecular weight is 421 g/mol. The van der Waals surface area contributed by atoms with Crippen LogP contribution in [0.5, 0.6) is 0 Å². The molecular formula is C24H28N4OS. The molecule has 4 rings (SSSR count). The highest BCUT2D eigenvalue weighted by Gasteiger charge is 2.19. The van der Waals surface area contributed by atoms with Crippen molar-refractivity contribution in [3.63, 3.8) is 0 Å². The maximum absolute atomic E-state index is 12.4. The van der Waals surface area contributed by atoms with Crippen LogP contribution in [-0.2, 0) is 13.0 Å². The zero-order valence-electron chi connectivity index (χ0n) is 17.1. The fourth-order valence-electron chi connectivity index (χ4n) is 3.81. The summed E-state index contributed by atoms with van der Waals surface area (Å²) in [7, 11) is 0. The van der Waals surface area contributed by atoms with E-state index in [9.17, 15) is 4.79 Å². The number of pyridine rings is 1. The SMILES string of the molecule is O=C(NCc1cccnc1)c1ccc(N2CCC(NCCc3cccs3)CC2)cc1. The molecule has 1 saturated heterocycles. The standard InChI is InChI=1S/C24H28N4OS/c29-24(27-18-19-3-1-12-25-17-19)20-5-7-22(8-6-20)28-14-10-21(11-15-28)26-13-9-23-4-2-16-30-23/h1-8,12,16-17,21,26H,9-11,13-15,18H2,(H,27,29). The number of piperidine rings is 1. The van der Waals surface area contributed by atoms with Gasteiger partial charge in [-0.3, -0.25) is 9.78 Å². The summed E-state index contributed by atoms with van der Waals surface area (Å²) < 4.78 is 0. The summed E-state index contributed by atoms with van der Waals surface area (Å²) >= 11 is 1.83. The van der Waals surface area contributed by atoms with Crippen molar-refractivity contribution in [3.05, 3.63) is 82.3 Å². The van der Waals surface area contributed by atoms with Crippen LogP contribution in [0.2, 0.25) is 0 Å². The lowest BCUT2D eigenvalue weighted by Gasteiger charge is -2.34. The topological polar surface area (TPSA) is 57.3 Å². The monoisotopic (exact) mass is 420 g/mol. The van der Waals surface area contributed by atoms with E-state index in [4.69, 9.17) is 0 Å². The summed E-state index contributed by atoms with van der Waals surface area (Å²) in [5.74, 6) is -0.0564. The first-order valence-corrected chi connectivity index (χ1v) is 11.4. The third-order valence-electron chi connectivity index (χ3n) is 5.55. The molecule has 3 aromatic rings. The number of carbonyl (C=O) groups excluding carboxylic acids is 1. The largest absolute Gasteiger partial charge is 0.371 e. The molecule has 2 N–H and O–H groups in total.